The Balaban J connectivity index is 1.89. The predicted octanol–water partition coefficient (Wildman–Crippen LogP) is 2.18. The third-order valence-corrected chi connectivity index (χ3v) is 5.04. The maximum absolute atomic E-state index is 11.2. The quantitative estimate of drug-likeness (QED) is 0.714. The summed E-state index contributed by atoms with van der Waals surface area (Å²) in [5, 5.41) is 14.7. The molecule has 0 spiro atoms. The molecule has 104 valence electrons. The molecule has 1 aromatic rings. The van der Waals surface area contributed by atoms with Gasteiger partial charge in [-0.15, -0.1) is 0 Å². The van der Waals surface area contributed by atoms with E-state index < -0.39 is 5.60 Å². The van der Waals surface area contributed by atoms with E-state index in [0.29, 0.717) is 0 Å². The molecule has 0 radical (unpaired) electrons. The molecule has 1 aliphatic heterocycles. The van der Waals surface area contributed by atoms with E-state index in [-0.39, 0.29) is 6.04 Å². The fourth-order valence-corrected chi connectivity index (χ4v) is 3.80. The summed E-state index contributed by atoms with van der Waals surface area (Å²) in [7, 11) is 0. The molecule has 3 nitrogen and oxygen atoms in total. The summed E-state index contributed by atoms with van der Waals surface area (Å²) >= 11 is 0. The van der Waals surface area contributed by atoms with E-state index in [1.807, 2.05) is 18.2 Å². The molecule has 1 saturated heterocycles. The first kappa shape index (κ1) is 12.9. The van der Waals surface area contributed by atoms with E-state index in [2.05, 4.69) is 12.2 Å². The van der Waals surface area contributed by atoms with E-state index in [1.54, 1.807) is 0 Å². The van der Waals surface area contributed by atoms with Gasteiger partial charge in [-0.25, -0.2) is 0 Å². The fourth-order valence-electron chi connectivity index (χ4n) is 3.80. The standard InChI is InChI=1S/C16H24N2O/c1-2-11-6-8-18-15(9-11)16(19)7-5-12-10-13(17)3-4-14(12)16/h3-4,10-11,15,18-19H,2,5-9,17H2,1H3. The molecule has 0 bridgehead atoms. The third-order valence-electron chi connectivity index (χ3n) is 5.04. The number of nitrogen functional groups attached to an aromatic ring is 1. The molecule has 3 rings (SSSR count). The number of nitrogens with two attached hydrogens (primary N) is 1. The Bertz CT molecular complexity index is 474. The van der Waals surface area contributed by atoms with Crippen molar-refractivity contribution >= 4 is 5.69 Å². The van der Waals surface area contributed by atoms with Gasteiger partial charge < -0.3 is 16.2 Å². The molecule has 0 saturated carbocycles. The second kappa shape index (κ2) is 4.80. The summed E-state index contributed by atoms with van der Waals surface area (Å²) in [6.45, 7) is 3.27. The first-order chi connectivity index (χ1) is 9.13. The van der Waals surface area contributed by atoms with Gasteiger partial charge in [-0.05, 0) is 61.4 Å². The predicted molar refractivity (Wildman–Crippen MR) is 77.9 cm³/mol. The molecule has 3 atom stereocenters. The summed E-state index contributed by atoms with van der Waals surface area (Å²) in [5.41, 5.74) is 8.26. The highest BCUT2D eigenvalue weighted by Crippen LogP contribution is 2.43. The molecule has 1 fully saturated rings. The van der Waals surface area contributed by atoms with Crippen LogP contribution < -0.4 is 11.1 Å². The summed E-state index contributed by atoms with van der Waals surface area (Å²) in [6.07, 6.45) is 5.28. The highest BCUT2D eigenvalue weighted by atomic mass is 16.3. The van der Waals surface area contributed by atoms with Crippen molar-refractivity contribution in [3.63, 3.8) is 0 Å². The Morgan fingerprint density at radius 1 is 1.47 bits per heavy atom. The van der Waals surface area contributed by atoms with Crippen LogP contribution in [-0.4, -0.2) is 17.7 Å². The van der Waals surface area contributed by atoms with Gasteiger partial charge in [0.25, 0.3) is 0 Å². The second-order valence-electron chi connectivity index (χ2n) is 6.15. The van der Waals surface area contributed by atoms with Crippen LogP contribution in [-0.2, 0) is 12.0 Å². The van der Waals surface area contributed by atoms with Crippen molar-refractivity contribution in [2.24, 2.45) is 5.92 Å². The number of hydrogen-bond donors (Lipinski definition) is 3. The van der Waals surface area contributed by atoms with Crippen LogP contribution in [0.5, 0.6) is 0 Å². The van der Waals surface area contributed by atoms with Crippen LogP contribution in [0.3, 0.4) is 0 Å². The summed E-state index contributed by atoms with van der Waals surface area (Å²) in [4.78, 5) is 0. The van der Waals surface area contributed by atoms with Crippen molar-refractivity contribution in [3.05, 3.63) is 29.3 Å². The molecular formula is C16H24N2O. The summed E-state index contributed by atoms with van der Waals surface area (Å²) in [6, 6.07) is 6.15. The molecule has 3 unspecified atom stereocenters. The Labute approximate surface area is 115 Å². The van der Waals surface area contributed by atoms with Crippen molar-refractivity contribution in [2.75, 3.05) is 12.3 Å². The van der Waals surface area contributed by atoms with Crippen LogP contribution in [0.4, 0.5) is 5.69 Å². The van der Waals surface area contributed by atoms with Crippen molar-refractivity contribution in [1.82, 2.24) is 5.32 Å². The Morgan fingerprint density at radius 3 is 3.11 bits per heavy atom. The number of aryl methyl sites for hydroxylation is 1. The maximum Gasteiger partial charge on any atom is 0.105 e. The van der Waals surface area contributed by atoms with Crippen LogP contribution >= 0.6 is 0 Å². The highest BCUT2D eigenvalue weighted by molar-refractivity contribution is 5.49. The average Bonchev–Trinajstić information content (AvgIpc) is 2.77. The number of rotatable bonds is 2. The van der Waals surface area contributed by atoms with Crippen molar-refractivity contribution in [1.29, 1.82) is 0 Å². The van der Waals surface area contributed by atoms with Crippen molar-refractivity contribution in [2.45, 2.75) is 50.7 Å². The monoisotopic (exact) mass is 260 g/mol. The van der Waals surface area contributed by atoms with Crippen LogP contribution in [0.25, 0.3) is 0 Å². The van der Waals surface area contributed by atoms with Gasteiger partial charge in [0.2, 0.25) is 0 Å². The van der Waals surface area contributed by atoms with Gasteiger partial charge in [0, 0.05) is 11.7 Å². The van der Waals surface area contributed by atoms with E-state index in [9.17, 15) is 5.11 Å². The molecule has 0 aromatic heterocycles. The van der Waals surface area contributed by atoms with Crippen molar-refractivity contribution < 1.29 is 5.11 Å². The van der Waals surface area contributed by atoms with Gasteiger partial charge >= 0.3 is 0 Å². The van der Waals surface area contributed by atoms with Gasteiger partial charge in [-0.3, -0.25) is 0 Å². The largest absolute Gasteiger partial charge is 0.399 e. The van der Waals surface area contributed by atoms with Crippen molar-refractivity contribution in [3.8, 4) is 0 Å². The van der Waals surface area contributed by atoms with E-state index in [0.717, 1.165) is 43.0 Å². The molecule has 2 aliphatic rings. The first-order valence-corrected chi connectivity index (χ1v) is 7.48. The smallest absolute Gasteiger partial charge is 0.105 e. The maximum atomic E-state index is 11.2. The van der Waals surface area contributed by atoms with Gasteiger partial charge in [0.05, 0.1) is 0 Å². The third kappa shape index (κ3) is 2.15. The SMILES string of the molecule is CCC1CCNC(C2(O)CCc3cc(N)ccc32)C1. The number of piperidine rings is 1. The number of anilines is 1. The molecular weight excluding hydrogens is 236 g/mol. The van der Waals surface area contributed by atoms with Crippen LogP contribution in [0.1, 0.15) is 43.7 Å². The second-order valence-corrected chi connectivity index (χ2v) is 6.15. The lowest BCUT2D eigenvalue weighted by atomic mass is 9.79. The zero-order chi connectivity index (χ0) is 13.5. The first-order valence-electron chi connectivity index (χ1n) is 7.48. The molecule has 0 amide bonds. The lowest BCUT2D eigenvalue weighted by molar-refractivity contribution is -0.0184. The number of nitrogens with one attached hydrogen (secondary N) is 1. The van der Waals surface area contributed by atoms with Crippen LogP contribution in [0, 0.1) is 5.92 Å². The van der Waals surface area contributed by atoms with Gasteiger partial charge in [-0.1, -0.05) is 19.4 Å². The lowest BCUT2D eigenvalue weighted by Crippen LogP contribution is -2.51. The molecule has 4 N–H and O–H groups in total. The molecule has 19 heavy (non-hydrogen) atoms. The molecule has 1 heterocycles. The van der Waals surface area contributed by atoms with E-state index in [1.165, 1.54) is 18.4 Å². The zero-order valence-electron chi connectivity index (χ0n) is 11.7. The number of hydrogen-bond acceptors (Lipinski definition) is 3. The van der Waals surface area contributed by atoms with E-state index >= 15 is 0 Å². The minimum absolute atomic E-state index is 0.191. The average molecular weight is 260 g/mol. The van der Waals surface area contributed by atoms with Gasteiger partial charge in [0.1, 0.15) is 5.60 Å². The number of aliphatic hydroxyl groups is 1. The minimum Gasteiger partial charge on any atom is -0.399 e. The Morgan fingerprint density at radius 2 is 2.32 bits per heavy atom. The van der Waals surface area contributed by atoms with Gasteiger partial charge in [-0.2, -0.15) is 0 Å². The summed E-state index contributed by atoms with van der Waals surface area (Å²) in [5.74, 6) is 0.744. The number of fused-ring (bicyclic) bond motifs is 1. The fraction of sp³-hybridized carbons (Fsp3) is 0.625. The highest BCUT2D eigenvalue weighted by Gasteiger charge is 2.44. The van der Waals surface area contributed by atoms with E-state index in [4.69, 9.17) is 5.73 Å². The van der Waals surface area contributed by atoms with Crippen LogP contribution in [0.15, 0.2) is 18.2 Å². The summed E-state index contributed by atoms with van der Waals surface area (Å²) < 4.78 is 0. The normalized spacial score (nSPS) is 34.2. The minimum atomic E-state index is -0.698. The topological polar surface area (TPSA) is 58.3 Å². The number of benzene rings is 1. The van der Waals surface area contributed by atoms with Crippen LogP contribution in [0.2, 0.25) is 0 Å². The molecule has 3 heteroatoms. The zero-order valence-corrected chi connectivity index (χ0v) is 11.7. The Kier molecular flexibility index (Phi) is 3.27. The Hall–Kier alpha value is -1.06. The molecule has 1 aliphatic carbocycles. The van der Waals surface area contributed by atoms with Gasteiger partial charge in [0.15, 0.2) is 0 Å². The lowest BCUT2D eigenvalue weighted by Gasteiger charge is -2.40. The molecule has 1 aromatic carbocycles.